The maximum absolute atomic E-state index is 12.8. The quantitative estimate of drug-likeness (QED) is 0.513. The lowest BCUT2D eigenvalue weighted by Crippen LogP contribution is -2.41. The van der Waals surface area contributed by atoms with Gasteiger partial charge in [-0.3, -0.25) is 9.59 Å². The first-order valence-corrected chi connectivity index (χ1v) is 12.1. The van der Waals surface area contributed by atoms with Gasteiger partial charge in [0.2, 0.25) is 0 Å². The summed E-state index contributed by atoms with van der Waals surface area (Å²) in [5.74, 6) is 1.53. The third-order valence-electron chi connectivity index (χ3n) is 6.75. The predicted molar refractivity (Wildman–Crippen MR) is 133 cm³/mol. The highest BCUT2D eigenvalue weighted by Crippen LogP contribution is 2.27. The van der Waals surface area contributed by atoms with Crippen LogP contribution in [0.5, 0.6) is 5.75 Å². The van der Waals surface area contributed by atoms with Gasteiger partial charge in [-0.1, -0.05) is 44.2 Å². The number of carbonyl (C=O) groups is 1. The molecule has 1 amide bonds. The number of hydrogen-bond acceptors (Lipinski definition) is 3. The van der Waals surface area contributed by atoms with Gasteiger partial charge < -0.3 is 14.2 Å². The lowest BCUT2D eigenvalue weighted by Gasteiger charge is -2.32. The van der Waals surface area contributed by atoms with E-state index in [1.165, 1.54) is 5.56 Å². The van der Waals surface area contributed by atoms with Gasteiger partial charge >= 0.3 is 0 Å². The number of pyridine rings is 1. The summed E-state index contributed by atoms with van der Waals surface area (Å²) in [6, 6.07) is 18.1. The molecule has 0 atom stereocenters. The van der Waals surface area contributed by atoms with Crippen LogP contribution in [0.15, 0.2) is 59.4 Å². The summed E-state index contributed by atoms with van der Waals surface area (Å²) in [4.78, 5) is 27.3. The van der Waals surface area contributed by atoms with Crippen molar-refractivity contribution in [2.75, 3.05) is 19.7 Å². The summed E-state index contributed by atoms with van der Waals surface area (Å²) in [5.41, 5.74) is 3.27. The molecule has 2 aromatic carbocycles. The van der Waals surface area contributed by atoms with E-state index in [1.54, 1.807) is 10.6 Å². The number of amides is 1. The Bertz CT molecular complexity index is 1160. The molecule has 3 aromatic rings. The van der Waals surface area contributed by atoms with Crippen molar-refractivity contribution < 1.29 is 9.53 Å². The third kappa shape index (κ3) is 5.29. The molecule has 5 heteroatoms. The summed E-state index contributed by atoms with van der Waals surface area (Å²) in [6.07, 6.45) is 3.13. The molecule has 1 fully saturated rings. The van der Waals surface area contributed by atoms with Crippen LogP contribution in [0.4, 0.5) is 0 Å². The average Bonchev–Trinajstić information content (AvgIpc) is 2.83. The number of benzene rings is 2. The van der Waals surface area contributed by atoms with E-state index in [-0.39, 0.29) is 24.0 Å². The number of rotatable bonds is 7. The van der Waals surface area contributed by atoms with Gasteiger partial charge in [-0.2, -0.15) is 0 Å². The van der Waals surface area contributed by atoms with Crippen LogP contribution in [-0.2, 0) is 17.8 Å². The highest BCUT2D eigenvalue weighted by Gasteiger charge is 2.23. The van der Waals surface area contributed by atoms with Gasteiger partial charge in [0.05, 0.1) is 5.52 Å². The largest absolute Gasteiger partial charge is 0.484 e. The molecule has 1 aromatic heterocycles. The lowest BCUT2D eigenvalue weighted by atomic mass is 9.90. The van der Waals surface area contributed by atoms with Crippen LogP contribution < -0.4 is 10.3 Å². The van der Waals surface area contributed by atoms with E-state index < -0.39 is 0 Å². The fourth-order valence-electron chi connectivity index (χ4n) is 4.85. The molecule has 0 radical (unpaired) electrons. The molecule has 0 saturated carbocycles. The highest BCUT2D eigenvalue weighted by atomic mass is 16.5. The molecular weight excluding hydrogens is 412 g/mol. The van der Waals surface area contributed by atoms with Crippen molar-refractivity contribution in [1.29, 1.82) is 0 Å². The lowest BCUT2D eigenvalue weighted by molar-refractivity contribution is -0.134. The fraction of sp³-hybridized carbons (Fsp3) is 0.429. The number of nitrogens with zero attached hydrogens (tertiary/aromatic N) is 2. The van der Waals surface area contributed by atoms with Crippen LogP contribution in [0.25, 0.3) is 10.9 Å². The van der Waals surface area contributed by atoms with Gasteiger partial charge in [0.25, 0.3) is 11.5 Å². The number of piperidine rings is 1. The standard InChI is InChI=1S/C28H34N2O3/c1-4-30-26-17-23(10-11-24(26)25(20(2)3)18-27(30)31)33-19-28(32)29-14-12-22(13-15-29)16-21-8-6-5-7-9-21/h5-11,17-18,20,22H,4,12-16,19H2,1-3H3. The van der Waals surface area contributed by atoms with Gasteiger partial charge in [-0.25, -0.2) is 0 Å². The van der Waals surface area contributed by atoms with Gasteiger partial charge in [-0.15, -0.1) is 0 Å². The maximum Gasteiger partial charge on any atom is 0.260 e. The first-order chi connectivity index (χ1) is 16.0. The van der Waals surface area contributed by atoms with Crippen molar-refractivity contribution in [3.05, 3.63) is 76.1 Å². The van der Waals surface area contributed by atoms with Crippen molar-refractivity contribution in [1.82, 2.24) is 9.47 Å². The molecule has 4 rings (SSSR count). The average molecular weight is 447 g/mol. The molecule has 0 bridgehead atoms. The predicted octanol–water partition coefficient (Wildman–Crippen LogP) is 5.00. The van der Waals surface area contributed by atoms with Crippen LogP contribution in [0.3, 0.4) is 0 Å². The van der Waals surface area contributed by atoms with E-state index in [4.69, 9.17) is 4.74 Å². The Hall–Kier alpha value is -3.08. The SMILES string of the molecule is CCn1c(=O)cc(C(C)C)c2ccc(OCC(=O)N3CCC(Cc4ccccc4)CC3)cc21. The second-order valence-electron chi connectivity index (χ2n) is 9.32. The first kappa shape index (κ1) is 23.1. The molecule has 2 heterocycles. The van der Waals surface area contributed by atoms with Crippen molar-refractivity contribution in [2.24, 2.45) is 5.92 Å². The first-order valence-electron chi connectivity index (χ1n) is 12.1. The monoisotopic (exact) mass is 446 g/mol. The number of hydrogen-bond donors (Lipinski definition) is 0. The summed E-state index contributed by atoms with van der Waals surface area (Å²) < 4.78 is 7.64. The smallest absolute Gasteiger partial charge is 0.260 e. The Morgan fingerprint density at radius 1 is 1.06 bits per heavy atom. The Kier molecular flexibility index (Phi) is 7.17. The zero-order chi connectivity index (χ0) is 23.4. The number of likely N-dealkylation sites (tertiary alicyclic amines) is 1. The van der Waals surface area contributed by atoms with E-state index in [0.29, 0.717) is 18.2 Å². The van der Waals surface area contributed by atoms with Gasteiger partial charge in [0, 0.05) is 37.2 Å². The molecule has 1 saturated heterocycles. The van der Waals surface area contributed by atoms with Crippen molar-refractivity contribution in [3.8, 4) is 5.75 Å². The number of ether oxygens (including phenoxy) is 1. The van der Waals surface area contributed by atoms with E-state index in [9.17, 15) is 9.59 Å². The maximum atomic E-state index is 12.8. The number of aryl methyl sites for hydroxylation is 1. The number of aromatic nitrogens is 1. The Morgan fingerprint density at radius 2 is 1.79 bits per heavy atom. The topological polar surface area (TPSA) is 51.5 Å². The summed E-state index contributed by atoms with van der Waals surface area (Å²) in [5, 5.41) is 1.06. The van der Waals surface area contributed by atoms with Crippen molar-refractivity contribution in [3.63, 3.8) is 0 Å². The molecule has 33 heavy (non-hydrogen) atoms. The van der Waals surface area contributed by atoms with E-state index >= 15 is 0 Å². The third-order valence-corrected chi connectivity index (χ3v) is 6.75. The second kappa shape index (κ2) is 10.2. The number of carbonyl (C=O) groups excluding carboxylic acids is 1. The summed E-state index contributed by atoms with van der Waals surface area (Å²) in [6.45, 7) is 8.33. The zero-order valence-electron chi connectivity index (χ0n) is 19.9. The van der Waals surface area contributed by atoms with Crippen LogP contribution in [0.2, 0.25) is 0 Å². The van der Waals surface area contributed by atoms with E-state index in [2.05, 4.69) is 38.1 Å². The van der Waals surface area contributed by atoms with E-state index in [0.717, 1.165) is 48.8 Å². The van der Waals surface area contributed by atoms with Crippen LogP contribution >= 0.6 is 0 Å². The van der Waals surface area contributed by atoms with Crippen LogP contribution in [0.1, 0.15) is 50.7 Å². The highest BCUT2D eigenvalue weighted by molar-refractivity contribution is 5.84. The molecular formula is C28H34N2O3. The summed E-state index contributed by atoms with van der Waals surface area (Å²) >= 11 is 0. The molecule has 5 nitrogen and oxygen atoms in total. The summed E-state index contributed by atoms with van der Waals surface area (Å²) in [7, 11) is 0. The van der Waals surface area contributed by atoms with Crippen molar-refractivity contribution >= 4 is 16.8 Å². The van der Waals surface area contributed by atoms with Crippen LogP contribution in [0, 0.1) is 5.92 Å². The number of fused-ring (bicyclic) bond motifs is 1. The minimum absolute atomic E-state index is 0.000278. The molecule has 174 valence electrons. The molecule has 0 N–H and O–H groups in total. The minimum Gasteiger partial charge on any atom is -0.484 e. The van der Waals surface area contributed by atoms with Crippen molar-refractivity contribution in [2.45, 2.75) is 52.5 Å². The molecule has 1 aliphatic heterocycles. The van der Waals surface area contributed by atoms with Crippen LogP contribution in [-0.4, -0.2) is 35.1 Å². The minimum atomic E-state index is 0.000278. The van der Waals surface area contributed by atoms with Gasteiger partial charge in [0.15, 0.2) is 6.61 Å². The normalized spacial score (nSPS) is 14.7. The van der Waals surface area contributed by atoms with Gasteiger partial charge in [-0.05, 0) is 61.3 Å². The second-order valence-corrected chi connectivity index (χ2v) is 9.32. The molecule has 0 unspecified atom stereocenters. The fourth-order valence-corrected chi connectivity index (χ4v) is 4.85. The molecule has 0 aliphatic carbocycles. The van der Waals surface area contributed by atoms with Gasteiger partial charge in [0.1, 0.15) is 5.75 Å². The molecule has 0 spiro atoms. The van der Waals surface area contributed by atoms with E-state index in [1.807, 2.05) is 36.1 Å². The Labute approximate surface area is 196 Å². The molecule has 1 aliphatic rings. The Morgan fingerprint density at radius 3 is 2.45 bits per heavy atom. The Balaban J connectivity index is 1.38. The zero-order valence-corrected chi connectivity index (χ0v) is 19.9.